The maximum atomic E-state index is 13.3. The molecule has 3 aliphatic heterocycles. The Bertz CT molecular complexity index is 7400. The topological polar surface area (TPSA) is 351 Å². The van der Waals surface area contributed by atoms with Gasteiger partial charge in [-0.1, -0.05) is 60.2 Å². The van der Waals surface area contributed by atoms with Gasteiger partial charge in [-0.25, -0.2) is 33.2 Å². The van der Waals surface area contributed by atoms with Crippen LogP contribution in [0.3, 0.4) is 0 Å². The molecule has 3 N–H and O–H groups in total. The summed E-state index contributed by atoms with van der Waals surface area (Å²) in [5, 5.41) is 24.3. The summed E-state index contributed by atoms with van der Waals surface area (Å²) in [6.45, 7) is 10.6. The van der Waals surface area contributed by atoms with Crippen molar-refractivity contribution in [3.8, 4) is 28.7 Å². The quantitative estimate of drug-likeness (QED) is 0.0517. The standard InChI is InChI=1S/C25H27BrN2O2.C18H16BrNO3.C16H13BrO5.C15H9BrO4.C14H7BrO4.C10H9FO4.C6H5BrO/c1-3-28(4-2)25(29)15-8-11-19-22(14-15)30-24-20(6-5-7-21(24)26)23(19)16-12-17-9-10-18(13-16)27-17;1-3-20(4-2)18(22)11-8-9-12-15(10-11)23-17-13(16(12)21)6-5-7-14(17)19;1-20-15(18)10-7-8-11(16(19)21-2)14(9-10)22-13-6-4-3-5-12(13)17;1-19-15(18)8-5-6-9-12(7-8)20-14-10(13(9)17)3-2-4-11(14)16;15-10-3-1-2-9-12(16)8-5-4-7(14(17)18)6-11(8)19-13(9)10;1-14-9(12)6-3-4-7(8(11)5-6)10(13)15-2;7-5-3-1-2-4-6(5)8/h5-8,11,14,17-18,27H,3-4,9-10,12-13H2,1-2H3;5-10H,3-4H2,1-2H3;3-9H,1-2H3;2-7H,1H3;1-6H,(H,17,18);3-5H,1-2H3;1-4,8H. The summed E-state index contributed by atoms with van der Waals surface area (Å²) < 4.78 is 69.9. The summed E-state index contributed by atoms with van der Waals surface area (Å²) in [7, 11) is 6.20. The lowest BCUT2D eigenvalue weighted by Crippen LogP contribution is -2.35. The molecule has 3 aromatic heterocycles. The number of halogens is 7. The molecule has 2 amide bonds. The lowest BCUT2D eigenvalue weighted by Gasteiger charge is -2.31. The zero-order valence-corrected chi connectivity index (χ0v) is 84.3. The number of nitrogens with zero attached hydrogens (tertiary/aromatic N) is 2. The second kappa shape index (κ2) is 47.0. The largest absolute Gasteiger partial charge is 0.507 e. The Morgan fingerprint density at radius 3 is 1.23 bits per heavy atom. The Hall–Kier alpha value is -13.3. The highest BCUT2D eigenvalue weighted by Gasteiger charge is 2.36. The van der Waals surface area contributed by atoms with E-state index in [1.165, 1.54) is 107 Å². The van der Waals surface area contributed by atoms with Crippen LogP contribution in [0.15, 0.2) is 291 Å². The zero-order valence-electron chi connectivity index (χ0n) is 74.8. The number of carboxylic acid groups (broad SMARTS) is 1. The fourth-order valence-corrected chi connectivity index (χ4v) is 17.6. The van der Waals surface area contributed by atoms with E-state index in [9.17, 15) is 57.1 Å². The molecule has 18 rings (SSSR count). The number of hydrogen-bond donors (Lipinski definition) is 3. The summed E-state index contributed by atoms with van der Waals surface area (Å²) in [6, 6.07) is 65.1. The van der Waals surface area contributed by atoms with Crippen LogP contribution in [0.4, 0.5) is 4.39 Å². The van der Waals surface area contributed by atoms with Crippen molar-refractivity contribution < 1.29 is 99.4 Å². The van der Waals surface area contributed by atoms with Gasteiger partial charge in [-0.05, 0) is 330 Å². The van der Waals surface area contributed by atoms with Crippen LogP contribution in [0.2, 0.25) is 0 Å². The van der Waals surface area contributed by atoms with Gasteiger partial charge < -0.3 is 71.7 Å². The normalized spacial score (nSPS) is 12.9. The van der Waals surface area contributed by atoms with Crippen LogP contribution in [-0.2, 0) is 23.7 Å². The van der Waals surface area contributed by atoms with Gasteiger partial charge in [-0.15, -0.1) is 0 Å². The number of carbonyl (C=O) groups excluding carboxylic acids is 7. The first kappa shape index (κ1) is 103. The van der Waals surface area contributed by atoms with E-state index >= 15 is 0 Å². The molecule has 704 valence electrons. The number of carbonyl (C=O) groups is 8. The number of piperidine rings is 1. The maximum Gasteiger partial charge on any atom is 0.341 e. The fourth-order valence-electron chi connectivity index (χ4n) is 15.2. The first-order valence-electron chi connectivity index (χ1n) is 42.4. The van der Waals surface area contributed by atoms with Crippen molar-refractivity contribution in [2.24, 2.45) is 0 Å². The lowest BCUT2D eigenvalue weighted by molar-refractivity contribution is 0.0582. The average Bonchev–Trinajstić information content (AvgIpc) is 1.68. The molecule has 0 saturated carbocycles. The highest BCUT2D eigenvalue weighted by atomic mass is 79.9. The molecule has 6 heterocycles. The number of phenols is 1. The Morgan fingerprint density at radius 2 is 0.781 bits per heavy atom. The van der Waals surface area contributed by atoms with Crippen molar-refractivity contribution in [3.63, 3.8) is 0 Å². The van der Waals surface area contributed by atoms with E-state index in [0.717, 1.165) is 62.1 Å². The van der Waals surface area contributed by atoms with Crippen LogP contribution in [-0.4, -0.2) is 141 Å². The van der Waals surface area contributed by atoms with Crippen molar-refractivity contribution in [2.45, 2.75) is 65.5 Å². The number of ether oxygens (including phenoxy) is 7. The first-order chi connectivity index (χ1) is 65.8. The number of benzene rings is 12. The lowest BCUT2D eigenvalue weighted by atomic mass is 9.84. The monoisotopic (exact) mass is 2240 g/mol. The number of carboxylic acids is 1. The summed E-state index contributed by atoms with van der Waals surface area (Å²) in [4.78, 5) is 134. The molecule has 137 heavy (non-hydrogen) atoms. The Labute approximate surface area is 833 Å². The number of phenolic OH excluding ortho intramolecular Hbond substituents is 1. The Balaban J connectivity index is 0.000000147. The van der Waals surface area contributed by atoms with Crippen molar-refractivity contribution in [1.82, 2.24) is 15.1 Å². The number of nitrogens with one attached hydrogen (secondary N) is 1. The van der Waals surface area contributed by atoms with Crippen molar-refractivity contribution in [1.29, 1.82) is 0 Å². The fraction of sp³-hybridized carbons (Fsp3) is 0.183. The van der Waals surface area contributed by atoms with Gasteiger partial charge in [0.2, 0.25) is 16.3 Å². The predicted octanol–water partition coefficient (Wildman–Crippen LogP) is 24.2. The molecule has 0 radical (unpaired) electrons. The van der Waals surface area contributed by atoms with Gasteiger partial charge in [0.15, 0.2) is 16.7 Å². The van der Waals surface area contributed by atoms with Gasteiger partial charge in [-0.2, -0.15) is 0 Å². The smallest absolute Gasteiger partial charge is 0.341 e. The summed E-state index contributed by atoms with van der Waals surface area (Å²) in [6.07, 6.45) is 4.68. The summed E-state index contributed by atoms with van der Waals surface area (Å²) in [5.74, 6) is -2.25. The van der Waals surface area contributed by atoms with Crippen LogP contribution >= 0.6 is 95.6 Å². The molecule has 12 aromatic carbocycles. The van der Waals surface area contributed by atoms with Crippen LogP contribution in [0, 0.1) is 5.82 Å². The molecule has 2 atom stereocenters. The molecule has 2 bridgehead atoms. The third-order valence-corrected chi connectivity index (χ3v) is 25.9. The first-order valence-corrected chi connectivity index (χ1v) is 47.1. The van der Waals surface area contributed by atoms with E-state index in [1.807, 2.05) is 69.0 Å². The Morgan fingerprint density at radius 1 is 0.394 bits per heavy atom. The van der Waals surface area contributed by atoms with Gasteiger partial charge in [0.05, 0.1) is 123 Å². The third kappa shape index (κ3) is 23.9. The van der Waals surface area contributed by atoms with Crippen molar-refractivity contribution >= 4 is 215 Å². The average molecular weight is 2240 g/mol. The Kier molecular flexibility index (Phi) is 35.2. The van der Waals surface area contributed by atoms with Crippen LogP contribution in [0.25, 0.3) is 71.4 Å². The van der Waals surface area contributed by atoms with Crippen molar-refractivity contribution in [3.05, 3.63) is 355 Å². The second-order valence-corrected chi connectivity index (χ2v) is 35.5. The van der Waals surface area contributed by atoms with Gasteiger partial charge in [0.1, 0.15) is 56.9 Å². The second-order valence-electron chi connectivity index (χ2n) is 30.3. The van der Waals surface area contributed by atoms with Crippen LogP contribution < -0.4 is 31.1 Å². The summed E-state index contributed by atoms with van der Waals surface area (Å²) >= 11 is 20.3. The molecule has 2 fully saturated rings. The van der Waals surface area contributed by atoms with E-state index < -0.39 is 41.6 Å². The molecule has 3 aliphatic rings. The highest BCUT2D eigenvalue weighted by Crippen LogP contribution is 2.51. The predicted molar refractivity (Wildman–Crippen MR) is 540 cm³/mol. The van der Waals surface area contributed by atoms with Gasteiger partial charge in [-0.3, -0.25) is 24.0 Å². The molecule has 0 aliphatic carbocycles. The number of aromatic carboxylic acids is 1. The summed E-state index contributed by atoms with van der Waals surface area (Å²) in [5.41, 5.74) is 9.05. The molecular weight excluding hydrogens is 2160 g/mol. The number of esters is 5. The number of amides is 2. The van der Waals surface area contributed by atoms with E-state index in [4.69, 9.17) is 37.7 Å². The van der Waals surface area contributed by atoms with E-state index in [2.05, 4.69) is 138 Å². The number of aromatic hydroxyl groups is 1. The minimum atomic E-state index is -1.06. The van der Waals surface area contributed by atoms with Gasteiger partial charge in [0.25, 0.3) is 11.8 Å². The van der Waals surface area contributed by atoms with E-state index in [0.29, 0.717) is 134 Å². The highest BCUT2D eigenvalue weighted by molar-refractivity contribution is 9.11. The molecule has 15 aromatic rings. The van der Waals surface area contributed by atoms with Gasteiger partial charge in [0, 0.05) is 60.5 Å². The SMILES string of the molecule is CCN(CC)C(=O)c1ccc2c(=O)c3cccc(Br)c3oc2c1.CCN(CC)C(=O)c1ccc2c(c1)Oc1c(Br)cccc1C2=C1CC2CCC(C1)N2.COC(=O)c1ccc(C(=O)OC)c(F)c1.COC(=O)c1ccc(C(=O)OC)c(Oc2ccccc2Br)c1.COC(=O)c1ccc2c(=O)c3cccc(Br)c3oc2c1.O=C(O)c1ccc2c(=O)c3cccc(Br)c3oc2c1.Oc1ccccc1Br. The molecule has 33 heteroatoms. The van der Waals surface area contributed by atoms with Gasteiger partial charge >= 0.3 is 35.8 Å². The van der Waals surface area contributed by atoms with E-state index in [1.54, 1.807) is 120 Å². The minimum absolute atomic E-state index is 0.0441. The number of fused-ring (bicyclic) bond motifs is 10. The van der Waals surface area contributed by atoms with Crippen molar-refractivity contribution in [2.75, 3.05) is 61.7 Å². The number of hydrogen-bond acceptors (Lipinski definition) is 23. The maximum absolute atomic E-state index is 13.3. The third-order valence-electron chi connectivity index (χ3n) is 22.1. The zero-order chi connectivity index (χ0) is 98.7. The molecule has 0 spiro atoms. The number of rotatable bonds is 14. The number of para-hydroxylation sites is 6. The number of methoxy groups -OCH3 is 5. The minimum Gasteiger partial charge on any atom is -0.507 e. The van der Waals surface area contributed by atoms with E-state index in [-0.39, 0.29) is 73.0 Å². The molecular formula is C104H86Br6FN3O23. The molecule has 26 nitrogen and oxygen atoms in total. The molecule has 2 unspecified atom stereocenters. The van der Waals surface area contributed by atoms with Crippen LogP contribution in [0.1, 0.15) is 147 Å². The van der Waals surface area contributed by atoms with Crippen LogP contribution in [0.5, 0.6) is 28.7 Å². The molecule has 2 saturated heterocycles.